The molecule has 0 atom stereocenters. The lowest BCUT2D eigenvalue weighted by Gasteiger charge is -2.21. The second kappa shape index (κ2) is 11.1. The van der Waals surface area contributed by atoms with Gasteiger partial charge in [-0.2, -0.15) is 0 Å². The first kappa shape index (κ1) is 23.0. The summed E-state index contributed by atoms with van der Waals surface area (Å²) in [5, 5.41) is 6.63. The Bertz CT molecular complexity index is 1030. The molecule has 0 spiro atoms. The van der Waals surface area contributed by atoms with Gasteiger partial charge >= 0.3 is 0 Å². The minimum absolute atomic E-state index is 0.137. The Kier molecular flexibility index (Phi) is 7.96. The fourth-order valence-corrected chi connectivity index (χ4v) is 3.08. The molecule has 1 N–H and O–H groups in total. The number of nitrogens with one attached hydrogen (secondary N) is 1. The monoisotopic (exact) mass is 439 g/mol. The van der Waals surface area contributed by atoms with Crippen LogP contribution in [0.25, 0.3) is 0 Å². The zero-order chi connectivity index (χ0) is 22.9. The first-order chi connectivity index (χ1) is 15.5. The molecule has 32 heavy (non-hydrogen) atoms. The molecule has 0 fully saturated rings. The van der Waals surface area contributed by atoms with Gasteiger partial charge in [0, 0.05) is 24.7 Å². The fourth-order valence-electron chi connectivity index (χ4n) is 3.08. The summed E-state index contributed by atoms with van der Waals surface area (Å²) in [6, 6.07) is 14.3. The van der Waals surface area contributed by atoms with Gasteiger partial charge in [0.1, 0.15) is 11.6 Å². The number of unbranched alkanes of at least 4 members (excludes halogenated alkanes) is 1. The van der Waals surface area contributed by atoms with Crippen molar-refractivity contribution in [3.63, 3.8) is 0 Å². The average molecular weight is 439 g/mol. The van der Waals surface area contributed by atoms with Crippen LogP contribution in [0.5, 0.6) is 5.75 Å². The zero-order valence-electron chi connectivity index (χ0n) is 18.1. The molecule has 2 aromatic carbocycles. The summed E-state index contributed by atoms with van der Waals surface area (Å²) in [4.78, 5) is 26.9. The van der Waals surface area contributed by atoms with Crippen molar-refractivity contribution in [2.24, 2.45) is 0 Å². The van der Waals surface area contributed by atoms with E-state index in [-0.39, 0.29) is 24.1 Å². The molecule has 168 valence electrons. The minimum Gasteiger partial charge on any atom is -0.497 e. The van der Waals surface area contributed by atoms with Crippen LogP contribution in [-0.2, 0) is 13.1 Å². The number of benzene rings is 2. The molecule has 0 bridgehead atoms. The molecule has 1 heterocycles. The maximum atomic E-state index is 13.2. The molecule has 8 heteroatoms. The molecule has 0 radical (unpaired) electrons. The zero-order valence-corrected chi connectivity index (χ0v) is 18.1. The molecule has 0 saturated carbocycles. The van der Waals surface area contributed by atoms with E-state index in [1.165, 1.54) is 30.3 Å². The normalized spacial score (nSPS) is 10.6. The topological polar surface area (TPSA) is 84.7 Å². The number of aromatic nitrogens is 1. The molecule has 7 nitrogen and oxygen atoms in total. The number of nitrogens with zero attached hydrogens (tertiary/aromatic N) is 2. The van der Waals surface area contributed by atoms with Crippen LogP contribution in [0.4, 0.5) is 4.39 Å². The SMILES string of the molecule is CCCCN(Cc1cc(C(=O)NCc2ccc(OC)cc2)no1)C(=O)c1ccc(F)cc1. The number of carbonyl (C=O) groups is 2. The van der Waals surface area contributed by atoms with Crippen molar-refractivity contribution >= 4 is 11.8 Å². The van der Waals surface area contributed by atoms with Crippen LogP contribution in [-0.4, -0.2) is 35.5 Å². The largest absolute Gasteiger partial charge is 0.497 e. The van der Waals surface area contributed by atoms with Crippen LogP contribution in [0, 0.1) is 5.82 Å². The quantitative estimate of drug-likeness (QED) is 0.512. The van der Waals surface area contributed by atoms with Gasteiger partial charge in [0.05, 0.1) is 13.7 Å². The lowest BCUT2D eigenvalue weighted by Crippen LogP contribution is -2.31. The van der Waals surface area contributed by atoms with Gasteiger partial charge in [-0.1, -0.05) is 30.6 Å². The Morgan fingerprint density at radius 3 is 2.50 bits per heavy atom. The fraction of sp³-hybridized carbons (Fsp3) is 0.292. The minimum atomic E-state index is -0.401. The second-order valence-electron chi connectivity index (χ2n) is 7.30. The smallest absolute Gasteiger partial charge is 0.273 e. The van der Waals surface area contributed by atoms with E-state index in [4.69, 9.17) is 9.26 Å². The molecule has 3 rings (SSSR count). The Balaban J connectivity index is 1.62. The van der Waals surface area contributed by atoms with Crippen LogP contribution < -0.4 is 10.1 Å². The first-order valence-corrected chi connectivity index (χ1v) is 10.4. The van der Waals surface area contributed by atoms with Gasteiger partial charge in [-0.3, -0.25) is 9.59 Å². The predicted octanol–water partition coefficient (Wildman–Crippen LogP) is 4.19. The van der Waals surface area contributed by atoms with Gasteiger partial charge in [0.2, 0.25) is 0 Å². The van der Waals surface area contributed by atoms with E-state index >= 15 is 0 Å². The molecular formula is C24H26FN3O4. The van der Waals surface area contributed by atoms with Crippen LogP contribution in [0.2, 0.25) is 0 Å². The molecule has 2 amide bonds. The van der Waals surface area contributed by atoms with Crippen molar-refractivity contribution in [1.29, 1.82) is 0 Å². The maximum absolute atomic E-state index is 13.2. The highest BCUT2D eigenvalue weighted by molar-refractivity contribution is 5.94. The predicted molar refractivity (Wildman–Crippen MR) is 117 cm³/mol. The van der Waals surface area contributed by atoms with E-state index in [1.54, 1.807) is 12.0 Å². The third-order valence-corrected chi connectivity index (χ3v) is 4.91. The lowest BCUT2D eigenvalue weighted by molar-refractivity contribution is 0.0724. The Morgan fingerprint density at radius 2 is 1.84 bits per heavy atom. The molecule has 0 aliphatic heterocycles. The number of amides is 2. The summed E-state index contributed by atoms with van der Waals surface area (Å²) in [6.07, 6.45) is 1.71. The molecule has 0 aliphatic rings. The summed E-state index contributed by atoms with van der Waals surface area (Å²) in [7, 11) is 1.59. The second-order valence-corrected chi connectivity index (χ2v) is 7.30. The summed E-state index contributed by atoms with van der Waals surface area (Å²) in [5.41, 5.74) is 1.44. The molecule has 0 saturated heterocycles. The van der Waals surface area contributed by atoms with Crippen molar-refractivity contribution in [1.82, 2.24) is 15.4 Å². The number of hydrogen-bond acceptors (Lipinski definition) is 5. The van der Waals surface area contributed by atoms with Crippen LogP contribution >= 0.6 is 0 Å². The standard InChI is InChI=1S/C24H26FN3O4/c1-3-4-13-28(24(30)18-7-9-19(25)10-8-18)16-21-14-22(27-32-21)23(29)26-15-17-5-11-20(31-2)12-6-17/h5-12,14H,3-4,13,15-16H2,1-2H3,(H,26,29). The van der Waals surface area contributed by atoms with Gasteiger partial charge < -0.3 is 19.5 Å². The summed E-state index contributed by atoms with van der Waals surface area (Å²) >= 11 is 0. The van der Waals surface area contributed by atoms with Gasteiger partial charge in [-0.05, 0) is 48.4 Å². The Hall–Kier alpha value is -3.68. The van der Waals surface area contributed by atoms with E-state index in [0.29, 0.717) is 24.4 Å². The van der Waals surface area contributed by atoms with E-state index in [9.17, 15) is 14.0 Å². The molecule has 0 aliphatic carbocycles. The number of carbonyl (C=O) groups excluding carboxylic acids is 2. The van der Waals surface area contributed by atoms with Crippen molar-refractivity contribution in [2.75, 3.05) is 13.7 Å². The summed E-state index contributed by atoms with van der Waals surface area (Å²) in [5.74, 6) is 0.124. The van der Waals surface area contributed by atoms with Crippen molar-refractivity contribution in [3.8, 4) is 5.75 Å². The third kappa shape index (κ3) is 6.16. The first-order valence-electron chi connectivity index (χ1n) is 10.4. The molecule has 3 aromatic rings. The maximum Gasteiger partial charge on any atom is 0.273 e. The van der Waals surface area contributed by atoms with Crippen molar-refractivity contribution in [2.45, 2.75) is 32.9 Å². The van der Waals surface area contributed by atoms with E-state index in [1.807, 2.05) is 31.2 Å². The average Bonchev–Trinajstić information content (AvgIpc) is 3.29. The van der Waals surface area contributed by atoms with Crippen molar-refractivity contribution < 1.29 is 23.2 Å². The van der Waals surface area contributed by atoms with Crippen molar-refractivity contribution in [3.05, 3.63) is 83.0 Å². The number of hydrogen-bond donors (Lipinski definition) is 1. The third-order valence-electron chi connectivity index (χ3n) is 4.91. The number of ether oxygens (including phenoxy) is 1. The summed E-state index contributed by atoms with van der Waals surface area (Å²) in [6.45, 7) is 3.03. The van der Waals surface area contributed by atoms with Crippen LogP contribution in [0.1, 0.15) is 51.9 Å². The van der Waals surface area contributed by atoms with Gasteiger partial charge in [0.25, 0.3) is 11.8 Å². The molecular weight excluding hydrogens is 413 g/mol. The number of methoxy groups -OCH3 is 1. The highest BCUT2D eigenvalue weighted by atomic mass is 19.1. The van der Waals surface area contributed by atoms with E-state index < -0.39 is 5.82 Å². The number of halogens is 1. The Labute approximate surface area is 186 Å². The highest BCUT2D eigenvalue weighted by Crippen LogP contribution is 2.14. The highest BCUT2D eigenvalue weighted by Gasteiger charge is 2.19. The van der Waals surface area contributed by atoms with E-state index in [0.717, 1.165) is 24.2 Å². The van der Waals surface area contributed by atoms with Gasteiger partial charge in [0.15, 0.2) is 11.5 Å². The lowest BCUT2D eigenvalue weighted by atomic mass is 10.1. The Morgan fingerprint density at radius 1 is 1.12 bits per heavy atom. The molecule has 0 unspecified atom stereocenters. The van der Waals surface area contributed by atoms with Gasteiger partial charge in [-0.25, -0.2) is 4.39 Å². The number of rotatable bonds is 10. The summed E-state index contributed by atoms with van der Waals surface area (Å²) < 4.78 is 23.6. The van der Waals surface area contributed by atoms with Gasteiger partial charge in [-0.15, -0.1) is 0 Å². The van der Waals surface area contributed by atoms with Crippen LogP contribution in [0.3, 0.4) is 0 Å². The molecule has 1 aromatic heterocycles. The van der Waals surface area contributed by atoms with E-state index in [2.05, 4.69) is 10.5 Å². The van der Waals surface area contributed by atoms with Crippen LogP contribution in [0.15, 0.2) is 59.1 Å².